The molecule has 0 fully saturated rings. The number of halogens is 3. The molecule has 0 unspecified atom stereocenters. The highest BCUT2D eigenvalue weighted by Gasteiger charge is 2.06. The first-order valence-electron chi connectivity index (χ1n) is 5.37. The van der Waals surface area contributed by atoms with Gasteiger partial charge in [-0.05, 0) is 35.9 Å². The topological polar surface area (TPSA) is 15.8 Å². The Kier molecular flexibility index (Phi) is 3.10. The molecule has 1 nitrogen and oxygen atoms in total. The standard InChI is InChI=1S/C14H8BrCl2N/c15-10-3-1-9-6-13(18-14(9)7-10)8-2-4-11(16)12(17)5-8/h1-7,18H. The van der Waals surface area contributed by atoms with Crippen LogP contribution in [0.3, 0.4) is 0 Å². The summed E-state index contributed by atoms with van der Waals surface area (Å²) in [6.07, 6.45) is 0. The lowest BCUT2D eigenvalue weighted by Gasteiger charge is -2.00. The molecule has 18 heavy (non-hydrogen) atoms. The van der Waals surface area contributed by atoms with E-state index in [1.165, 1.54) is 5.39 Å². The van der Waals surface area contributed by atoms with Gasteiger partial charge < -0.3 is 4.98 Å². The summed E-state index contributed by atoms with van der Waals surface area (Å²) >= 11 is 15.4. The van der Waals surface area contributed by atoms with E-state index in [-0.39, 0.29) is 0 Å². The molecule has 0 aliphatic rings. The largest absolute Gasteiger partial charge is 0.354 e. The predicted molar refractivity (Wildman–Crippen MR) is 81.5 cm³/mol. The molecule has 0 saturated heterocycles. The first kappa shape index (κ1) is 12.1. The van der Waals surface area contributed by atoms with Gasteiger partial charge in [0.1, 0.15) is 0 Å². The van der Waals surface area contributed by atoms with Gasteiger partial charge in [-0.15, -0.1) is 0 Å². The highest BCUT2D eigenvalue weighted by molar-refractivity contribution is 9.10. The molecular weight excluding hydrogens is 333 g/mol. The highest BCUT2D eigenvalue weighted by atomic mass is 79.9. The molecule has 90 valence electrons. The maximum Gasteiger partial charge on any atom is 0.0599 e. The molecule has 0 saturated carbocycles. The van der Waals surface area contributed by atoms with E-state index < -0.39 is 0 Å². The van der Waals surface area contributed by atoms with Crippen LogP contribution in [0, 0.1) is 0 Å². The van der Waals surface area contributed by atoms with Crippen LogP contribution in [0.25, 0.3) is 22.2 Å². The molecule has 0 amide bonds. The van der Waals surface area contributed by atoms with Crippen LogP contribution in [0.1, 0.15) is 0 Å². The van der Waals surface area contributed by atoms with Crippen molar-refractivity contribution in [3.8, 4) is 11.3 Å². The summed E-state index contributed by atoms with van der Waals surface area (Å²) in [5.41, 5.74) is 3.14. The third-order valence-corrected chi connectivity index (χ3v) is 4.05. The van der Waals surface area contributed by atoms with Crippen molar-refractivity contribution >= 4 is 50.0 Å². The van der Waals surface area contributed by atoms with Crippen molar-refractivity contribution in [3.63, 3.8) is 0 Å². The Morgan fingerprint density at radius 2 is 1.72 bits per heavy atom. The lowest BCUT2D eigenvalue weighted by molar-refractivity contribution is 1.45. The zero-order chi connectivity index (χ0) is 12.7. The highest BCUT2D eigenvalue weighted by Crippen LogP contribution is 2.30. The minimum atomic E-state index is 0.564. The summed E-state index contributed by atoms with van der Waals surface area (Å²) in [5, 5.41) is 2.30. The molecule has 1 aromatic heterocycles. The lowest BCUT2D eigenvalue weighted by Crippen LogP contribution is -1.77. The van der Waals surface area contributed by atoms with Gasteiger partial charge in [0, 0.05) is 21.1 Å². The van der Waals surface area contributed by atoms with E-state index in [2.05, 4.69) is 39.1 Å². The normalized spacial score (nSPS) is 11.1. The van der Waals surface area contributed by atoms with Crippen LogP contribution in [-0.4, -0.2) is 4.98 Å². The van der Waals surface area contributed by atoms with E-state index in [9.17, 15) is 0 Å². The van der Waals surface area contributed by atoms with E-state index in [1.54, 1.807) is 6.07 Å². The van der Waals surface area contributed by atoms with Crippen molar-refractivity contribution < 1.29 is 0 Å². The molecule has 1 N–H and O–H groups in total. The van der Waals surface area contributed by atoms with Gasteiger partial charge in [-0.3, -0.25) is 0 Å². The molecule has 3 rings (SSSR count). The Balaban J connectivity index is 2.16. The van der Waals surface area contributed by atoms with Crippen LogP contribution in [0.5, 0.6) is 0 Å². The minimum Gasteiger partial charge on any atom is -0.354 e. The van der Waals surface area contributed by atoms with E-state index in [0.717, 1.165) is 21.2 Å². The van der Waals surface area contributed by atoms with Gasteiger partial charge in [0.2, 0.25) is 0 Å². The molecule has 0 atom stereocenters. The van der Waals surface area contributed by atoms with E-state index in [4.69, 9.17) is 23.2 Å². The van der Waals surface area contributed by atoms with Crippen LogP contribution in [0.15, 0.2) is 46.9 Å². The fourth-order valence-electron chi connectivity index (χ4n) is 1.92. The quantitative estimate of drug-likeness (QED) is 0.567. The number of aromatic amines is 1. The number of H-pyrrole nitrogens is 1. The second kappa shape index (κ2) is 4.61. The number of rotatable bonds is 1. The predicted octanol–water partition coefficient (Wildman–Crippen LogP) is 5.90. The molecule has 4 heteroatoms. The van der Waals surface area contributed by atoms with Crippen molar-refractivity contribution in [2.45, 2.75) is 0 Å². The number of aromatic nitrogens is 1. The van der Waals surface area contributed by atoms with Gasteiger partial charge in [0.15, 0.2) is 0 Å². The lowest BCUT2D eigenvalue weighted by atomic mass is 10.1. The van der Waals surface area contributed by atoms with Gasteiger partial charge in [-0.25, -0.2) is 0 Å². The molecule has 0 spiro atoms. The van der Waals surface area contributed by atoms with Crippen LogP contribution in [0.2, 0.25) is 10.0 Å². The average molecular weight is 341 g/mol. The third-order valence-electron chi connectivity index (χ3n) is 2.82. The van der Waals surface area contributed by atoms with Gasteiger partial charge in [0.25, 0.3) is 0 Å². The fourth-order valence-corrected chi connectivity index (χ4v) is 2.58. The van der Waals surface area contributed by atoms with E-state index >= 15 is 0 Å². The maximum atomic E-state index is 6.03. The van der Waals surface area contributed by atoms with Crippen LogP contribution >= 0.6 is 39.1 Å². The number of benzene rings is 2. The summed E-state index contributed by atoms with van der Waals surface area (Å²) in [6.45, 7) is 0. The molecule has 1 heterocycles. The van der Waals surface area contributed by atoms with Crippen LogP contribution in [-0.2, 0) is 0 Å². The second-order valence-corrected chi connectivity index (χ2v) is 5.77. The van der Waals surface area contributed by atoms with Gasteiger partial charge in [-0.1, -0.05) is 51.3 Å². The summed E-state index contributed by atoms with van der Waals surface area (Å²) in [5.74, 6) is 0. The molecule has 2 aromatic carbocycles. The molecule has 0 aliphatic heterocycles. The number of hydrogen-bond acceptors (Lipinski definition) is 0. The fraction of sp³-hybridized carbons (Fsp3) is 0. The van der Waals surface area contributed by atoms with Crippen LogP contribution < -0.4 is 0 Å². The monoisotopic (exact) mass is 339 g/mol. The van der Waals surface area contributed by atoms with Crippen molar-refractivity contribution in [2.75, 3.05) is 0 Å². The zero-order valence-electron chi connectivity index (χ0n) is 9.18. The van der Waals surface area contributed by atoms with Gasteiger partial charge >= 0.3 is 0 Å². The Morgan fingerprint density at radius 1 is 0.889 bits per heavy atom. The van der Waals surface area contributed by atoms with Gasteiger partial charge in [0.05, 0.1) is 10.0 Å². The first-order chi connectivity index (χ1) is 8.63. The zero-order valence-corrected chi connectivity index (χ0v) is 12.3. The smallest absolute Gasteiger partial charge is 0.0599 e. The molecule has 3 aromatic rings. The SMILES string of the molecule is Clc1ccc(-c2cc3ccc(Br)cc3[nH]2)cc1Cl. The number of fused-ring (bicyclic) bond motifs is 1. The summed E-state index contributed by atoms with van der Waals surface area (Å²) in [7, 11) is 0. The average Bonchev–Trinajstić information content (AvgIpc) is 2.75. The van der Waals surface area contributed by atoms with Crippen molar-refractivity contribution in [3.05, 3.63) is 57.0 Å². The van der Waals surface area contributed by atoms with E-state index in [0.29, 0.717) is 10.0 Å². The first-order valence-corrected chi connectivity index (χ1v) is 6.92. The molecule has 0 bridgehead atoms. The van der Waals surface area contributed by atoms with Crippen molar-refractivity contribution in [1.82, 2.24) is 4.98 Å². The molecular formula is C14H8BrCl2N. The summed E-state index contributed by atoms with van der Waals surface area (Å²) < 4.78 is 1.05. The Morgan fingerprint density at radius 3 is 2.50 bits per heavy atom. The van der Waals surface area contributed by atoms with Crippen molar-refractivity contribution in [1.29, 1.82) is 0 Å². The maximum absolute atomic E-state index is 6.03. The Bertz CT molecular complexity index is 734. The Hall–Kier alpha value is -0.960. The summed E-state index contributed by atoms with van der Waals surface area (Å²) in [6, 6.07) is 13.9. The molecule has 0 aliphatic carbocycles. The summed E-state index contributed by atoms with van der Waals surface area (Å²) in [4.78, 5) is 3.37. The Labute approximate surface area is 123 Å². The van der Waals surface area contributed by atoms with E-state index in [1.807, 2.05) is 18.2 Å². The van der Waals surface area contributed by atoms with Gasteiger partial charge in [-0.2, -0.15) is 0 Å². The second-order valence-electron chi connectivity index (χ2n) is 4.04. The van der Waals surface area contributed by atoms with Crippen molar-refractivity contribution in [2.24, 2.45) is 0 Å². The van der Waals surface area contributed by atoms with Crippen LogP contribution in [0.4, 0.5) is 0 Å². The number of nitrogens with one attached hydrogen (secondary N) is 1. The number of hydrogen-bond donors (Lipinski definition) is 1. The molecule has 0 radical (unpaired) electrons. The third kappa shape index (κ3) is 2.16. The minimum absolute atomic E-state index is 0.564.